The Hall–Kier alpha value is -0.770. The third kappa shape index (κ3) is 3.87. The summed E-state index contributed by atoms with van der Waals surface area (Å²) in [4.78, 5) is 14.7. The second kappa shape index (κ2) is 7.30. The highest BCUT2D eigenvalue weighted by Gasteiger charge is 2.22. The number of nitrogens with one attached hydrogen (secondary N) is 1. The number of likely N-dealkylation sites (tertiary alicyclic amines) is 1. The Morgan fingerprint density at radius 3 is 2.45 bits per heavy atom. The Bertz CT molecular complexity index is 451. The molecule has 1 N–H and O–H groups in total. The molecule has 3 nitrogen and oxygen atoms in total. The van der Waals surface area contributed by atoms with Crippen molar-refractivity contribution < 1.29 is 4.79 Å². The van der Waals surface area contributed by atoms with Crippen molar-refractivity contribution in [1.29, 1.82) is 0 Å². The first-order chi connectivity index (χ1) is 9.61. The van der Waals surface area contributed by atoms with Crippen LogP contribution in [0, 0.1) is 0 Å². The zero-order valence-corrected chi connectivity index (χ0v) is 13.2. The van der Waals surface area contributed by atoms with Crippen molar-refractivity contribution in [2.24, 2.45) is 0 Å². The number of rotatable bonds is 4. The highest BCUT2D eigenvalue weighted by atomic mass is 35.5. The molecule has 5 heteroatoms. The molecule has 1 aromatic rings. The number of carbonyl (C=O) groups is 1. The first kappa shape index (κ1) is 15.6. The average molecular weight is 315 g/mol. The van der Waals surface area contributed by atoms with Gasteiger partial charge in [-0.2, -0.15) is 0 Å². The number of benzene rings is 1. The van der Waals surface area contributed by atoms with Gasteiger partial charge in [-0.3, -0.25) is 4.79 Å². The van der Waals surface area contributed by atoms with E-state index in [9.17, 15) is 4.79 Å². The summed E-state index contributed by atoms with van der Waals surface area (Å²) >= 11 is 12.1. The predicted molar refractivity (Wildman–Crippen MR) is 83.7 cm³/mol. The first-order valence-corrected chi connectivity index (χ1v) is 7.84. The lowest BCUT2D eigenvalue weighted by Crippen LogP contribution is -2.44. The summed E-state index contributed by atoms with van der Waals surface area (Å²) < 4.78 is 0. The number of carbonyl (C=O) groups excluding carboxylic acids is 1. The summed E-state index contributed by atoms with van der Waals surface area (Å²) in [5.41, 5.74) is 0.381. The van der Waals surface area contributed by atoms with Crippen molar-refractivity contribution in [3.05, 3.63) is 33.8 Å². The van der Waals surface area contributed by atoms with E-state index < -0.39 is 0 Å². The minimum Gasteiger partial charge on any atom is -0.349 e. The maximum atomic E-state index is 12.3. The maximum Gasteiger partial charge on any atom is 0.254 e. The van der Waals surface area contributed by atoms with Crippen LogP contribution in [0.15, 0.2) is 18.2 Å². The molecule has 1 saturated heterocycles. The average Bonchev–Trinajstić information content (AvgIpc) is 2.41. The van der Waals surface area contributed by atoms with Crippen LogP contribution in [0.25, 0.3) is 0 Å². The van der Waals surface area contributed by atoms with Crippen molar-refractivity contribution >= 4 is 29.1 Å². The second-order valence-corrected chi connectivity index (χ2v) is 6.00. The van der Waals surface area contributed by atoms with E-state index in [-0.39, 0.29) is 11.9 Å². The quantitative estimate of drug-likeness (QED) is 0.921. The standard InChI is InChI=1S/C15H20Cl2N2O/c1-2-8-19-9-6-11(7-10-19)18-15(20)14-12(16)4-3-5-13(14)17/h3-5,11H,2,6-10H2,1H3,(H,18,20). The van der Waals surface area contributed by atoms with E-state index >= 15 is 0 Å². The summed E-state index contributed by atoms with van der Waals surface area (Å²) in [6, 6.07) is 5.33. The molecule has 1 fully saturated rings. The van der Waals surface area contributed by atoms with Crippen LogP contribution in [0.2, 0.25) is 10.0 Å². The number of halogens is 2. The molecule has 0 aliphatic carbocycles. The third-order valence-corrected chi connectivity index (χ3v) is 4.28. The van der Waals surface area contributed by atoms with Crippen molar-refractivity contribution in [3.63, 3.8) is 0 Å². The predicted octanol–water partition coefficient (Wildman–Crippen LogP) is 3.60. The molecule has 1 aliphatic rings. The minimum absolute atomic E-state index is 0.172. The van der Waals surface area contributed by atoms with Crippen LogP contribution < -0.4 is 5.32 Å². The zero-order valence-electron chi connectivity index (χ0n) is 11.7. The van der Waals surface area contributed by atoms with Gasteiger partial charge in [0.1, 0.15) is 0 Å². The van der Waals surface area contributed by atoms with E-state index in [4.69, 9.17) is 23.2 Å². The smallest absolute Gasteiger partial charge is 0.254 e. The molecule has 1 heterocycles. The Morgan fingerprint density at radius 1 is 1.30 bits per heavy atom. The molecular weight excluding hydrogens is 295 g/mol. The summed E-state index contributed by atoms with van der Waals surface area (Å²) in [5.74, 6) is -0.172. The van der Waals surface area contributed by atoms with Gasteiger partial charge in [-0.1, -0.05) is 36.2 Å². The van der Waals surface area contributed by atoms with E-state index in [2.05, 4.69) is 17.1 Å². The fourth-order valence-corrected chi connectivity index (χ4v) is 3.16. The van der Waals surface area contributed by atoms with Crippen molar-refractivity contribution in [2.45, 2.75) is 32.2 Å². The van der Waals surface area contributed by atoms with E-state index in [0.717, 1.165) is 32.5 Å². The zero-order chi connectivity index (χ0) is 14.5. The number of piperidine rings is 1. The molecule has 0 spiro atoms. The molecule has 110 valence electrons. The Kier molecular flexibility index (Phi) is 5.70. The molecule has 1 amide bonds. The van der Waals surface area contributed by atoms with Crippen molar-refractivity contribution in [1.82, 2.24) is 10.2 Å². The number of hydrogen-bond acceptors (Lipinski definition) is 2. The summed E-state index contributed by atoms with van der Waals surface area (Å²) in [6.07, 6.45) is 3.13. The molecule has 0 aromatic heterocycles. The van der Waals surface area contributed by atoms with Crippen LogP contribution >= 0.6 is 23.2 Å². The fourth-order valence-electron chi connectivity index (χ4n) is 2.59. The van der Waals surface area contributed by atoms with E-state index in [0.29, 0.717) is 15.6 Å². The number of amides is 1. The Labute approximate surface area is 130 Å². The first-order valence-electron chi connectivity index (χ1n) is 7.09. The van der Waals surface area contributed by atoms with E-state index in [1.165, 1.54) is 6.42 Å². The van der Waals surface area contributed by atoms with Gasteiger partial charge in [0, 0.05) is 19.1 Å². The monoisotopic (exact) mass is 314 g/mol. The van der Waals surface area contributed by atoms with Crippen molar-refractivity contribution in [3.8, 4) is 0 Å². The van der Waals surface area contributed by atoms with Gasteiger partial charge < -0.3 is 10.2 Å². The lowest BCUT2D eigenvalue weighted by atomic mass is 10.0. The minimum atomic E-state index is -0.172. The molecular formula is C15H20Cl2N2O. The molecule has 0 bridgehead atoms. The highest BCUT2D eigenvalue weighted by molar-refractivity contribution is 6.39. The van der Waals surface area contributed by atoms with Crippen LogP contribution in [0.4, 0.5) is 0 Å². The van der Waals surface area contributed by atoms with Crippen LogP contribution in [0.1, 0.15) is 36.5 Å². The molecule has 0 atom stereocenters. The van der Waals surface area contributed by atoms with Crippen LogP contribution in [0.3, 0.4) is 0 Å². The SMILES string of the molecule is CCCN1CCC(NC(=O)c2c(Cl)cccc2Cl)CC1. The molecule has 2 rings (SSSR count). The van der Waals surface area contributed by atoms with Gasteiger partial charge in [-0.15, -0.1) is 0 Å². The van der Waals surface area contributed by atoms with Gasteiger partial charge in [0.25, 0.3) is 5.91 Å². The van der Waals surface area contributed by atoms with Gasteiger partial charge in [0.2, 0.25) is 0 Å². The van der Waals surface area contributed by atoms with Gasteiger partial charge in [-0.25, -0.2) is 0 Å². The normalized spacial score (nSPS) is 17.1. The Morgan fingerprint density at radius 2 is 1.90 bits per heavy atom. The van der Waals surface area contributed by atoms with Crippen LogP contribution in [-0.4, -0.2) is 36.5 Å². The fraction of sp³-hybridized carbons (Fsp3) is 0.533. The summed E-state index contributed by atoms with van der Waals surface area (Å²) in [5, 5.41) is 3.85. The third-order valence-electron chi connectivity index (χ3n) is 3.65. The van der Waals surface area contributed by atoms with Gasteiger partial charge >= 0.3 is 0 Å². The maximum absolute atomic E-state index is 12.3. The highest BCUT2D eigenvalue weighted by Crippen LogP contribution is 2.24. The van der Waals surface area contributed by atoms with Gasteiger partial charge in [-0.05, 0) is 37.9 Å². The molecule has 0 saturated carbocycles. The summed E-state index contributed by atoms with van der Waals surface area (Å²) in [7, 11) is 0. The number of hydrogen-bond donors (Lipinski definition) is 1. The van der Waals surface area contributed by atoms with Crippen molar-refractivity contribution in [2.75, 3.05) is 19.6 Å². The number of nitrogens with zero attached hydrogens (tertiary/aromatic N) is 1. The van der Waals surface area contributed by atoms with Gasteiger partial charge in [0.15, 0.2) is 0 Å². The van der Waals surface area contributed by atoms with Crippen LogP contribution in [-0.2, 0) is 0 Å². The molecule has 20 heavy (non-hydrogen) atoms. The van der Waals surface area contributed by atoms with Crippen LogP contribution in [0.5, 0.6) is 0 Å². The summed E-state index contributed by atoms with van der Waals surface area (Å²) in [6.45, 7) is 5.40. The molecule has 0 unspecified atom stereocenters. The van der Waals surface area contributed by atoms with E-state index in [1.807, 2.05) is 0 Å². The van der Waals surface area contributed by atoms with E-state index in [1.54, 1.807) is 18.2 Å². The molecule has 1 aliphatic heterocycles. The lowest BCUT2D eigenvalue weighted by Gasteiger charge is -2.32. The second-order valence-electron chi connectivity index (χ2n) is 5.19. The molecule has 1 aromatic carbocycles. The topological polar surface area (TPSA) is 32.3 Å². The Balaban J connectivity index is 1.93. The largest absolute Gasteiger partial charge is 0.349 e. The molecule has 0 radical (unpaired) electrons. The lowest BCUT2D eigenvalue weighted by molar-refractivity contribution is 0.0911. The van der Waals surface area contributed by atoms with Gasteiger partial charge in [0.05, 0.1) is 15.6 Å².